The second-order valence-corrected chi connectivity index (χ2v) is 3.97. The van der Waals surface area contributed by atoms with Gasteiger partial charge < -0.3 is 4.74 Å². The summed E-state index contributed by atoms with van der Waals surface area (Å²) in [6.07, 6.45) is -4.83. The molecule has 0 saturated carbocycles. The molecule has 1 aromatic carbocycles. The van der Waals surface area contributed by atoms with Gasteiger partial charge in [0.05, 0.1) is 11.1 Å². The number of alkyl halides is 3. The first-order valence-electron chi connectivity index (χ1n) is 4.75. The van der Waals surface area contributed by atoms with Crippen LogP contribution in [-0.4, -0.2) is 17.1 Å². The molecular formula is C11H6F3NO2S. The molecule has 0 unspecified atom stereocenters. The number of halogens is 3. The van der Waals surface area contributed by atoms with Crippen molar-refractivity contribution < 1.29 is 22.7 Å². The molecule has 0 aliphatic heterocycles. The lowest BCUT2D eigenvalue weighted by Gasteiger charge is -2.11. The summed E-state index contributed by atoms with van der Waals surface area (Å²) in [5.41, 5.74) is 1.36. The van der Waals surface area contributed by atoms with E-state index >= 15 is 0 Å². The molecule has 1 heterocycles. The van der Waals surface area contributed by atoms with Gasteiger partial charge in [0.25, 0.3) is 0 Å². The van der Waals surface area contributed by atoms with Crippen LogP contribution in [0.4, 0.5) is 13.2 Å². The van der Waals surface area contributed by atoms with Gasteiger partial charge in [-0.05, 0) is 12.1 Å². The molecule has 1 aromatic heterocycles. The highest BCUT2D eigenvalue weighted by atomic mass is 32.1. The van der Waals surface area contributed by atoms with Crippen molar-refractivity contribution in [3.05, 3.63) is 46.4 Å². The van der Waals surface area contributed by atoms with E-state index in [0.717, 1.165) is 6.07 Å². The lowest BCUT2D eigenvalue weighted by molar-refractivity contribution is -0.274. The van der Waals surface area contributed by atoms with Gasteiger partial charge in [0.15, 0.2) is 0 Å². The maximum atomic E-state index is 12.2. The van der Waals surface area contributed by atoms with Gasteiger partial charge in [-0.25, -0.2) is 4.98 Å². The van der Waals surface area contributed by atoms with Crippen LogP contribution in [0.15, 0.2) is 35.2 Å². The van der Waals surface area contributed by atoms with Crippen LogP contribution in [0.1, 0.15) is 16.1 Å². The molecule has 0 spiro atoms. The van der Waals surface area contributed by atoms with Gasteiger partial charge in [0, 0.05) is 5.38 Å². The number of rotatable bonds is 3. The molecule has 0 aliphatic carbocycles. The van der Waals surface area contributed by atoms with Crippen molar-refractivity contribution >= 4 is 17.1 Å². The van der Waals surface area contributed by atoms with Crippen molar-refractivity contribution in [2.45, 2.75) is 6.36 Å². The van der Waals surface area contributed by atoms with E-state index in [-0.39, 0.29) is 11.3 Å². The fourth-order valence-electron chi connectivity index (χ4n) is 1.33. The van der Waals surface area contributed by atoms with Gasteiger partial charge >= 0.3 is 6.36 Å². The zero-order valence-electron chi connectivity index (χ0n) is 8.77. The molecule has 0 bridgehead atoms. The molecule has 0 saturated heterocycles. The molecule has 0 radical (unpaired) electrons. The number of carbonyl (C=O) groups excluding carboxylic acids is 1. The second kappa shape index (κ2) is 4.77. The van der Waals surface area contributed by atoms with Crippen molar-refractivity contribution in [3.8, 4) is 5.75 Å². The van der Waals surface area contributed by atoms with Crippen LogP contribution < -0.4 is 4.74 Å². The van der Waals surface area contributed by atoms with E-state index in [1.165, 1.54) is 40.4 Å². The van der Waals surface area contributed by atoms with Crippen LogP contribution >= 0.6 is 11.3 Å². The Morgan fingerprint density at radius 1 is 1.28 bits per heavy atom. The molecule has 94 valence electrons. The number of ketones is 1. The standard InChI is InChI=1S/C11H6F3NO2S/c12-11(13,14)17-9-4-2-1-3-7(9)10(16)8-5-18-6-15-8/h1-6H. The van der Waals surface area contributed by atoms with Gasteiger partial charge in [-0.2, -0.15) is 0 Å². The summed E-state index contributed by atoms with van der Waals surface area (Å²) in [5, 5.41) is 1.46. The topological polar surface area (TPSA) is 39.2 Å². The summed E-state index contributed by atoms with van der Waals surface area (Å²) in [4.78, 5) is 15.7. The minimum absolute atomic E-state index is 0.0956. The summed E-state index contributed by atoms with van der Waals surface area (Å²) in [6.45, 7) is 0. The Bertz CT molecular complexity index is 552. The highest BCUT2D eigenvalue weighted by Crippen LogP contribution is 2.27. The normalized spacial score (nSPS) is 11.3. The Morgan fingerprint density at radius 3 is 2.61 bits per heavy atom. The van der Waals surface area contributed by atoms with Gasteiger partial charge in [-0.15, -0.1) is 24.5 Å². The molecule has 0 amide bonds. The molecule has 3 nitrogen and oxygen atoms in total. The van der Waals surface area contributed by atoms with Gasteiger partial charge in [-0.3, -0.25) is 4.79 Å². The zero-order chi connectivity index (χ0) is 13.2. The first-order valence-corrected chi connectivity index (χ1v) is 5.69. The predicted molar refractivity (Wildman–Crippen MR) is 58.7 cm³/mol. The van der Waals surface area contributed by atoms with E-state index in [1.54, 1.807) is 0 Å². The summed E-state index contributed by atoms with van der Waals surface area (Å²) >= 11 is 1.19. The molecule has 2 aromatic rings. The van der Waals surface area contributed by atoms with Crippen molar-refractivity contribution in [1.29, 1.82) is 0 Å². The van der Waals surface area contributed by atoms with Crippen LogP contribution in [0.2, 0.25) is 0 Å². The summed E-state index contributed by atoms with van der Waals surface area (Å²) in [6, 6.07) is 5.18. The van der Waals surface area contributed by atoms with Gasteiger partial charge in [0.1, 0.15) is 11.4 Å². The number of aromatic nitrogens is 1. The molecule has 0 atom stereocenters. The van der Waals surface area contributed by atoms with E-state index in [1.807, 2.05) is 0 Å². The van der Waals surface area contributed by atoms with E-state index in [0.29, 0.717) is 0 Å². The maximum absolute atomic E-state index is 12.2. The Balaban J connectivity index is 2.36. The zero-order valence-corrected chi connectivity index (χ0v) is 9.59. The Hall–Kier alpha value is -1.89. The van der Waals surface area contributed by atoms with Crippen molar-refractivity contribution in [3.63, 3.8) is 0 Å². The summed E-state index contributed by atoms with van der Waals surface area (Å²) in [7, 11) is 0. The number of para-hydroxylation sites is 1. The van der Waals surface area contributed by atoms with E-state index < -0.39 is 17.9 Å². The lowest BCUT2D eigenvalue weighted by Crippen LogP contribution is -2.19. The number of benzene rings is 1. The van der Waals surface area contributed by atoms with Crippen molar-refractivity contribution in [1.82, 2.24) is 4.98 Å². The smallest absolute Gasteiger partial charge is 0.405 e. The SMILES string of the molecule is O=C(c1cscn1)c1ccccc1OC(F)(F)F. The van der Waals surface area contributed by atoms with Gasteiger partial charge in [-0.1, -0.05) is 12.1 Å². The van der Waals surface area contributed by atoms with Gasteiger partial charge in [0.2, 0.25) is 5.78 Å². The fourth-order valence-corrected chi connectivity index (χ4v) is 1.86. The number of hydrogen-bond donors (Lipinski definition) is 0. The van der Waals surface area contributed by atoms with E-state index in [9.17, 15) is 18.0 Å². The lowest BCUT2D eigenvalue weighted by atomic mass is 10.1. The second-order valence-electron chi connectivity index (χ2n) is 3.25. The predicted octanol–water partition coefficient (Wildman–Crippen LogP) is 3.27. The first-order chi connectivity index (χ1) is 8.47. The minimum atomic E-state index is -4.83. The first kappa shape index (κ1) is 12.6. The maximum Gasteiger partial charge on any atom is 0.573 e. The van der Waals surface area contributed by atoms with Crippen LogP contribution in [0.25, 0.3) is 0 Å². The average Bonchev–Trinajstić information content (AvgIpc) is 2.80. The molecule has 2 rings (SSSR count). The van der Waals surface area contributed by atoms with Crippen LogP contribution in [-0.2, 0) is 0 Å². The van der Waals surface area contributed by atoms with E-state index in [4.69, 9.17) is 0 Å². The number of nitrogens with zero attached hydrogens (tertiary/aromatic N) is 1. The molecular weight excluding hydrogens is 267 g/mol. The molecule has 18 heavy (non-hydrogen) atoms. The van der Waals surface area contributed by atoms with Crippen LogP contribution in [0, 0.1) is 0 Å². The summed E-state index contributed by atoms with van der Waals surface area (Å²) in [5.74, 6) is -1.13. The van der Waals surface area contributed by atoms with Crippen LogP contribution in [0.5, 0.6) is 5.75 Å². The monoisotopic (exact) mass is 273 g/mol. The summed E-state index contributed by atoms with van der Waals surface area (Å²) < 4.78 is 40.3. The molecule has 0 N–H and O–H groups in total. The molecule has 0 aliphatic rings. The van der Waals surface area contributed by atoms with E-state index in [2.05, 4.69) is 9.72 Å². The quantitative estimate of drug-likeness (QED) is 0.806. The third-order valence-corrected chi connectivity index (χ3v) is 2.61. The largest absolute Gasteiger partial charge is 0.573 e. The highest BCUT2D eigenvalue weighted by molar-refractivity contribution is 7.07. The Morgan fingerprint density at radius 2 is 2.00 bits per heavy atom. The Kier molecular flexibility index (Phi) is 3.33. The third-order valence-electron chi connectivity index (χ3n) is 2.02. The number of carbonyl (C=O) groups is 1. The number of hydrogen-bond acceptors (Lipinski definition) is 4. The highest BCUT2D eigenvalue weighted by Gasteiger charge is 2.33. The third kappa shape index (κ3) is 2.86. The minimum Gasteiger partial charge on any atom is -0.405 e. The number of thiazole rings is 1. The average molecular weight is 273 g/mol. The van der Waals surface area contributed by atoms with Crippen LogP contribution in [0.3, 0.4) is 0 Å². The van der Waals surface area contributed by atoms with Crippen molar-refractivity contribution in [2.75, 3.05) is 0 Å². The number of ether oxygens (including phenoxy) is 1. The van der Waals surface area contributed by atoms with Crippen molar-refractivity contribution in [2.24, 2.45) is 0 Å². The Labute approximate surface area is 104 Å². The molecule has 7 heteroatoms. The molecule has 0 fully saturated rings. The fraction of sp³-hybridized carbons (Fsp3) is 0.0909.